The van der Waals surface area contributed by atoms with E-state index < -0.39 is 0 Å². The molecule has 2 aromatic rings. The maximum atomic E-state index is 12.6. The van der Waals surface area contributed by atoms with Gasteiger partial charge in [-0.2, -0.15) is 4.98 Å². The normalized spacial score (nSPS) is 21.5. The number of aryl methyl sites for hydroxylation is 1. The summed E-state index contributed by atoms with van der Waals surface area (Å²) in [6.07, 6.45) is 4.91. The van der Waals surface area contributed by atoms with Crippen LogP contribution in [0.1, 0.15) is 53.3 Å². The van der Waals surface area contributed by atoms with Crippen molar-refractivity contribution in [3.8, 4) is 0 Å². The van der Waals surface area contributed by atoms with Crippen LogP contribution in [0.5, 0.6) is 0 Å². The molecule has 0 aromatic carbocycles. The van der Waals surface area contributed by atoms with Gasteiger partial charge >= 0.3 is 0 Å². The van der Waals surface area contributed by atoms with Crippen LogP contribution in [-0.2, 0) is 7.05 Å². The van der Waals surface area contributed by atoms with Gasteiger partial charge in [-0.05, 0) is 25.3 Å². The number of nitrogens with zero attached hydrogens (tertiary/aromatic N) is 4. The number of aromatic nitrogens is 3. The minimum absolute atomic E-state index is 0.00108. The highest BCUT2D eigenvalue weighted by Gasteiger charge is 2.34. The molecule has 0 spiro atoms. The largest absolute Gasteiger partial charge is 0.345 e. The summed E-state index contributed by atoms with van der Waals surface area (Å²) in [7, 11) is 1.83. The van der Waals surface area contributed by atoms with Crippen LogP contribution in [0.25, 0.3) is 0 Å². The van der Waals surface area contributed by atoms with Gasteiger partial charge in [-0.1, -0.05) is 16.8 Å². The molecular formula is C15H17ClN4O2. The van der Waals surface area contributed by atoms with E-state index in [1.807, 2.05) is 11.9 Å². The van der Waals surface area contributed by atoms with E-state index >= 15 is 0 Å². The lowest BCUT2D eigenvalue weighted by molar-refractivity contribution is 0.0780. The predicted octanol–water partition coefficient (Wildman–Crippen LogP) is 2.57. The van der Waals surface area contributed by atoms with Gasteiger partial charge < -0.3 is 14.0 Å². The maximum absolute atomic E-state index is 12.6. The molecular weight excluding hydrogens is 304 g/mol. The lowest BCUT2D eigenvalue weighted by Crippen LogP contribution is -2.29. The molecule has 1 saturated heterocycles. The van der Waals surface area contributed by atoms with Gasteiger partial charge in [0.1, 0.15) is 5.69 Å². The van der Waals surface area contributed by atoms with Gasteiger partial charge in [-0.15, -0.1) is 0 Å². The minimum atomic E-state index is -0.00108. The first-order valence-electron chi connectivity index (χ1n) is 7.56. The number of amides is 1. The molecule has 0 unspecified atom stereocenters. The molecule has 2 fully saturated rings. The van der Waals surface area contributed by atoms with E-state index in [-0.39, 0.29) is 11.8 Å². The summed E-state index contributed by atoms with van der Waals surface area (Å²) in [5.74, 6) is 2.12. The Bertz CT molecular complexity index is 719. The molecule has 0 bridgehead atoms. The molecule has 3 heterocycles. The number of rotatable bonds is 3. The molecule has 1 amide bonds. The zero-order chi connectivity index (χ0) is 15.3. The minimum Gasteiger partial charge on any atom is -0.345 e. The van der Waals surface area contributed by atoms with Crippen LogP contribution in [0.3, 0.4) is 0 Å². The van der Waals surface area contributed by atoms with E-state index in [1.165, 1.54) is 0 Å². The van der Waals surface area contributed by atoms with E-state index in [9.17, 15) is 4.79 Å². The topological polar surface area (TPSA) is 64.2 Å². The average Bonchev–Trinajstić information content (AvgIpc) is 2.91. The van der Waals surface area contributed by atoms with Crippen molar-refractivity contribution in [1.82, 2.24) is 19.6 Å². The summed E-state index contributed by atoms with van der Waals surface area (Å²) in [4.78, 5) is 18.9. The highest BCUT2D eigenvalue weighted by Crippen LogP contribution is 2.39. The van der Waals surface area contributed by atoms with Crippen molar-refractivity contribution in [1.29, 1.82) is 0 Å². The Balaban J connectivity index is 1.47. The summed E-state index contributed by atoms with van der Waals surface area (Å²) in [5.41, 5.74) is 0.606. The van der Waals surface area contributed by atoms with Crippen molar-refractivity contribution in [2.45, 2.75) is 31.1 Å². The molecule has 1 atom stereocenters. The average molecular weight is 321 g/mol. The van der Waals surface area contributed by atoms with Crippen molar-refractivity contribution in [3.63, 3.8) is 0 Å². The van der Waals surface area contributed by atoms with Crippen LogP contribution >= 0.6 is 11.6 Å². The Hall–Kier alpha value is -1.82. The molecule has 0 N–H and O–H groups in total. The van der Waals surface area contributed by atoms with E-state index in [0.717, 1.165) is 25.1 Å². The quantitative estimate of drug-likeness (QED) is 0.872. The number of hydrogen-bond donors (Lipinski definition) is 0. The molecule has 1 aliphatic carbocycles. The molecule has 0 radical (unpaired) electrons. The molecule has 22 heavy (non-hydrogen) atoms. The van der Waals surface area contributed by atoms with Gasteiger partial charge in [0.2, 0.25) is 5.89 Å². The second kappa shape index (κ2) is 5.12. The molecule has 7 heteroatoms. The fourth-order valence-corrected chi connectivity index (χ4v) is 3.22. The second-order valence-corrected chi connectivity index (χ2v) is 6.59. The van der Waals surface area contributed by atoms with E-state index in [0.29, 0.717) is 35.6 Å². The van der Waals surface area contributed by atoms with Crippen molar-refractivity contribution in [2.75, 3.05) is 13.1 Å². The second-order valence-electron chi connectivity index (χ2n) is 6.16. The van der Waals surface area contributed by atoms with Crippen LogP contribution in [0.4, 0.5) is 0 Å². The number of hydrogen-bond acceptors (Lipinski definition) is 4. The van der Waals surface area contributed by atoms with Crippen LogP contribution in [-0.4, -0.2) is 38.6 Å². The Morgan fingerprint density at radius 2 is 2.18 bits per heavy atom. The first-order valence-corrected chi connectivity index (χ1v) is 7.94. The number of carbonyl (C=O) groups is 1. The monoisotopic (exact) mass is 320 g/mol. The van der Waals surface area contributed by atoms with Crippen LogP contribution in [0.15, 0.2) is 16.8 Å². The van der Waals surface area contributed by atoms with Gasteiger partial charge in [0.15, 0.2) is 5.82 Å². The summed E-state index contributed by atoms with van der Waals surface area (Å²) in [5, 5.41) is 4.63. The standard InChI is InChI=1S/C15H17ClN4O2/c1-19-8-11(16)6-12(19)15(21)20-5-4-10(7-20)14-17-13(18-22-14)9-2-3-9/h6,8-10H,2-5,7H2,1H3/t10-/m0/s1. The third kappa shape index (κ3) is 2.41. The van der Waals surface area contributed by atoms with E-state index in [4.69, 9.17) is 16.1 Å². The molecule has 2 aliphatic rings. The Morgan fingerprint density at radius 1 is 1.36 bits per heavy atom. The third-order valence-corrected chi connectivity index (χ3v) is 4.62. The highest BCUT2D eigenvalue weighted by atomic mass is 35.5. The zero-order valence-electron chi connectivity index (χ0n) is 12.3. The summed E-state index contributed by atoms with van der Waals surface area (Å²) < 4.78 is 7.15. The van der Waals surface area contributed by atoms with Gasteiger partial charge in [0.05, 0.1) is 10.9 Å². The van der Waals surface area contributed by atoms with Crippen molar-refractivity contribution < 1.29 is 9.32 Å². The molecule has 6 nitrogen and oxygen atoms in total. The maximum Gasteiger partial charge on any atom is 0.270 e. The molecule has 2 aromatic heterocycles. The SMILES string of the molecule is Cn1cc(Cl)cc1C(=O)N1CC[C@H](c2nc(C3CC3)no2)C1. The fourth-order valence-electron chi connectivity index (χ4n) is 2.97. The van der Waals surface area contributed by atoms with Crippen LogP contribution < -0.4 is 0 Å². The van der Waals surface area contributed by atoms with Gasteiger partial charge in [0.25, 0.3) is 5.91 Å². The first-order chi connectivity index (χ1) is 10.6. The Kier molecular flexibility index (Phi) is 3.22. The smallest absolute Gasteiger partial charge is 0.270 e. The van der Waals surface area contributed by atoms with Crippen molar-refractivity contribution in [3.05, 3.63) is 34.7 Å². The summed E-state index contributed by atoms with van der Waals surface area (Å²) in [6.45, 7) is 1.32. The lowest BCUT2D eigenvalue weighted by Gasteiger charge is -2.16. The Labute approximate surface area is 133 Å². The summed E-state index contributed by atoms with van der Waals surface area (Å²) >= 11 is 5.95. The van der Waals surface area contributed by atoms with Crippen molar-refractivity contribution in [2.24, 2.45) is 7.05 Å². The molecule has 1 saturated carbocycles. The van der Waals surface area contributed by atoms with E-state index in [1.54, 1.807) is 16.8 Å². The third-order valence-electron chi connectivity index (χ3n) is 4.42. The van der Waals surface area contributed by atoms with Crippen LogP contribution in [0, 0.1) is 0 Å². The molecule has 1 aliphatic heterocycles. The molecule has 4 rings (SSSR count). The van der Waals surface area contributed by atoms with E-state index in [2.05, 4.69) is 10.1 Å². The fraction of sp³-hybridized carbons (Fsp3) is 0.533. The van der Waals surface area contributed by atoms with Gasteiger partial charge in [-0.3, -0.25) is 4.79 Å². The van der Waals surface area contributed by atoms with Gasteiger partial charge in [-0.25, -0.2) is 0 Å². The number of halogens is 1. The molecule has 116 valence electrons. The predicted molar refractivity (Wildman–Crippen MR) is 80.0 cm³/mol. The number of carbonyl (C=O) groups excluding carboxylic acids is 1. The van der Waals surface area contributed by atoms with Crippen molar-refractivity contribution >= 4 is 17.5 Å². The van der Waals surface area contributed by atoms with Gasteiger partial charge in [0, 0.05) is 32.3 Å². The Morgan fingerprint density at radius 3 is 2.86 bits per heavy atom. The zero-order valence-corrected chi connectivity index (χ0v) is 13.1. The lowest BCUT2D eigenvalue weighted by atomic mass is 10.1. The summed E-state index contributed by atoms with van der Waals surface area (Å²) in [6, 6.07) is 1.70. The van der Waals surface area contributed by atoms with Crippen LogP contribution in [0.2, 0.25) is 5.02 Å². The highest BCUT2D eigenvalue weighted by molar-refractivity contribution is 6.31. The number of likely N-dealkylation sites (tertiary alicyclic amines) is 1. The first kappa shape index (κ1) is 13.8.